The Labute approximate surface area is 196 Å². The van der Waals surface area contributed by atoms with Crippen molar-refractivity contribution in [1.29, 1.82) is 0 Å². The largest absolute Gasteiger partial charge is 0.292 e. The molecule has 8 heteroatoms. The molecule has 0 amide bonds. The minimum absolute atomic E-state index is 0.134. The first kappa shape index (κ1) is 23.2. The van der Waals surface area contributed by atoms with Gasteiger partial charge in [-0.15, -0.1) is 0 Å². The zero-order chi connectivity index (χ0) is 23.0. The van der Waals surface area contributed by atoms with Crippen molar-refractivity contribution in [2.45, 2.75) is 11.3 Å². The number of rotatable bonds is 6. The molecule has 1 heterocycles. The second-order valence-corrected chi connectivity index (χ2v) is 11.2. The quantitative estimate of drug-likeness (QED) is 0.415. The van der Waals surface area contributed by atoms with Crippen LogP contribution in [0, 0.1) is 17.6 Å². The van der Waals surface area contributed by atoms with Gasteiger partial charge in [0.1, 0.15) is 11.6 Å². The molecule has 0 unspecified atom stereocenters. The summed E-state index contributed by atoms with van der Waals surface area (Å²) in [6, 6.07) is 17.8. The highest BCUT2D eigenvalue weighted by Crippen LogP contribution is 2.42. The molecule has 3 nitrogen and oxygen atoms in total. The summed E-state index contributed by atoms with van der Waals surface area (Å²) >= 11 is 12.1. The van der Waals surface area contributed by atoms with E-state index in [1.54, 1.807) is 0 Å². The molecule has 1 saturated heterocycles. The van der Waals surface area contributed by atoms with Crippen molar-refractivity contribution in [3.63, 3.8) is 0 Å². The van der Waals surface area contributed by atoms with Crippen molar-refractivity contribution in [2.24, 2.45) is 5.92 Å². The monoisotopic (exact) mass is 495 g/mol. The molecule has 0 saturated carbocycles. The summed E-state index contributed by atoms with van der Waals surface area (Å²) in [6.45, 7) is 0.900. The standard InChI is InChI=1S/C24H21Cl2F2NO2S/c1-32(30,31)24(17-10-21(27)12-22(28)11-17)18-13-29(14-18)23(15-2-6-19(25)7-3-15)16-4-8-20(26)9-5-16/h2-12,18,23-24H,13-14H2,1H3/t24-/m0/s1. The molecule has 3 aromatic carbocycles. The van der Waals surface area contributed by atoms with E-state index in [4.69, 9.17) is 23.2 Å². The third-order valence-electron chi connectivity index (χ3n) is 5.78. The first-order valence-corrected chi connectivity index (χ1v) is 12.7. The number of likely N-dealkylation sites (tertiary alicyclic amines) is 1. The molecule has 0 aliphatic carbocycles. The van der Waals surface area contributed by atoms with Gasteiger partial charge >= 0.3 is 0 Å². The fourth-order valence-electron chi connectivity index (χ4n) is 4.46. The van der Waals surface area contributed by atoms with Gasteiger partial charge in [0, 0.05) is 41.4 Å². The van der Waals surface area contributed by atoms with E-state index in [2.05, 4.69) is 4.90 Å². The number of hydrogen-bond donors (Lipinski definition) is 0. The van der Waals surface area contributed by atoms with E-state index >= 15 is 0 Å². The number of nitrogens with zero attached hydrogens (tertiary/aromatic N) is 1. The molecular formula is C24H21Cl2F2NO2S. The summed E-state index contributed by atoms with van der Waals surface area (Å²) < 4.78 is 52.8. The maximum absolute atomic E-state index is 13.8. The Hall–Kier alpha value is -1.99. The van der Waals surface area contributed by atoms with Crippen LogP contribution in [0.3, 0.4) is 0 Å². The van der Waals surface area contributed by atoms with Crippen molar-refractivity contribution in [2.75, 3.05) is 19.3 Å². The summed E-state index contributed by atoms with van der Waals surface area (Å²) in [4.78, 5) is 2.14. The first-order valence-electron chi connectivity index (χ1n) is 10.0. The van der Waals surface area contributed by atoms with Gasteiger partial charge in [-0.25, -0.2) is 17.2 Å². The molecule has 0 spiro atoms. The summed E-state index contributed by atoms with van der Waals surface area (Å²) in [6.07, 6.45) is 1.11. The molecule has 0 N–H and O–H groups in total. The Kier molecular flexibility index (Phi) is 6.59. The normalized spacial score (nSPS) is 16.2. The highest BCUT2D eigenvalue weighted by molar-refractivity contribution is 7.90. The van der Waals surface area contributed by atoms with Crippen LogP contribution in [0.5, 0.6) is 0 Å². The molecule has 1 atom stereocenters. The van der Waals surface area contributed by atoms with Crippen molar-refractivity contribution in [3.05, 3.63) is 105 Å². The highest BCUT2D eigenvalue weighted by Gasteiger charge is 2.43. The molecule has 0 radical (unpaired) electrons. The van der Waals surface area contributed by atoms with Gasteiger partial charge < -0.3 is 0 Å². The zero-order valence-corrected chi connectivity index (χ0v) is 19.5. The van der Waals surface area contributed by atoms with Crippen LogP contribution < -0.4 is 0 Å². The second-order valence-electron chi connectivity index (χ2n) is 8.17. The van der Waals surface area contributed by atoms with Gasteiger partial charge in [0.2, 0.25) is 0 Å². The molecule has 32 heavy (non-hydrogen) atoms. The van der Waals surface area contributed by atoms with Crippen LogP contribution in [0.2, 0.25) is 10.0 Å². The molecule has 0 aromatic heterocycles. The van der Waals surface area contributed by atoms with Gasteiger partial charge in [-0.3, -0.25) is 4.90 Å². The van der Waals surface area contributed by atoms with E-state index < -0.39 is 26.7 Å². The predicted molar refractivity (Wildman–Crippen MR) is 124 cm³/mol. The fourth-order valence-corrected chi connectivity index (χ4v) is 6.22. The predicted octanol–water partition coefficient (Wildman–Crippen LogP) is 6.08. The number of benzene rings is 3. The molecular weight excluding hydrogens is 475 g/mol. The Morgan fingerprint density at radius 2 is 1.25 bits per heavy atom. The van der Waals surface area contributed by atoms with Crippen LogP contribution in [0.1, 0.15) is 28.0 Å². The van der Waals surface area contributed by atoms with Crippen molar-refractivity contribution >= 4 is 33.0 Å². The van der Waals surface area contributed by atoms with Gasteiger partial charge in [0.05, 0.1) is 11.3 Å². The second kappa shape index (κ2) is 9.10. The molecule has 3 aromatic rings. The van der Waals surface area contributed by atoms with E-state index in [0.29, 0.717) is 23.1 Å². The van der Waals surface area contributed by atoms with Gasteiger partial charge in [-0.2, -0.15) is 0 Å². The van der Waals surface area contributed by atoms with E-state index in [0.717, 1.165) is 35.6 Å². The number of sulfone groups is 1. The van der Waals surface area contributed by atoms with Gasteiger partial charge in [-0.1, -0.05) is 47.5 Å². The van der Waals surface area contributed by atoms with E-state index in [-0.39, 0.29) is 17.5 Å². The molecule has 4 rings (SSSR count). The van der Waals surface area contributed by atoms with E-state index in [1.807, 2.05) is 48.5 Å². The van der Waals surface area contributed by atoms with Crippen LogP contribution in [0.25, 0.3) is 0 Å². The first-order chi connectivity index (χ1) is 15.1. The lowest BCUT2D eigenvalue weighted by atomic mass is 9.86. The van der Waals surface area contributed by atoms with E-state index in [1.165, 1.54) is 0 Å². The SMILES string of the molecule is CS(=O)(=O)[C@@H](c1cc(F)cc(F)c1)C1CN(C(c2ccc(Cl)cc2)c2ccc(Cl)cc2)C1. The Morgan fingerprint density at radius 3 is 1.66 bits per heavy atom. The van der Waals surface area contributed by atoms with Gasteiger partial charge in [0.15, 0.2) is 9.84 Å². The highest BCUT2D eigenvalue weighted by atomic mass is 35.5. The summed E-state index contributed by atoms with van der Waals surface area (Å²) in [5.74, 6) is -1.87. The average molecular weight is 496 g/mol. The maximum atomic E-state index is 13.8. The lowest BCUT2D eigenvalue weighted by molar-refractivity contribution is 0.0654. The zero-order valence-electron chi connectivity index (χ0n) is 17.2. The third kappa shape index (κ3) is 4.99. The maximum Gasteiger partial charge on any atom is 0.154 e. The Bertz CT molecular complexity index is 1150. The van der Waals surface area contributed by atoms with Gasteiger partial charge in [0.25, 0.3) is 0 Å². The molecule has 1 aliphatic rings. The molecule has 168 valence electrons. The van der Waals surface area contributed by atoms with Crippen molar-refractivity contribution in [1.82, 2.24) is 4.90 Å². The Morgan fingerprint density at radius 1 is 0.812 bits per heavy atom. The summed E-state index contributed by atoms with van der Waals surface area (Å²) in [5, 5.41) is 0.255. The van der Waals surface area contributed by atoms with Crippen LogP contribution in [-0.2, 0) is 9.84 Å². The Balaban J connectivity index is 1.64. The molecule has 1 aliphatic heterocycles. The number of halogens is 4. The minimum atomic E-state index is -3.60. The van der Waals surface area contributed by atoms with Crippen LogP contribution >= 0.6 is 23.2 Å². The molecule has 0 bridgehead atoms. The number of hydrogen-bond acceptors (Lipinski definition) is 3. The topological polar surface area (TPSA) is 37.4 Å². The smallest absolute Gasteiger partial charge is 0.154 e. The van der Waals surface area contributed by atoms with Crippen molar-refractivity contribution in [3.8, 4) is 0 Å². The lowest BCUT2D eigenvalue weighted by Crippen LogP contribution is -2.52. The third-order valence-corrected chi connectivity index (χ3v) is 7.86. The van der Waals surface area contributed by atoms with Crippen LogP contribution in [0.15, 0.2) is 66.7 Å². The average Bonchev–Trinajstić information content (AvgIpc) is 2.67. The fraction of sp³-hybridized carbons (Fsp3) is 0.250. The van der Waals surface area contributed by atoms with Gasteiger partial charge in [-0.05, 0) is 53.1 Å². The molecule has 1 fully saturated rings. The summed E-state index contributed by atoms with van der Waals surface area (Å²) in [7, 11) is -3.60. The summed E-state index contributed by atoms with van der Waals surface area (Å²) in [5.41, 5.74) is 2.15. The van der Waals surface area contributed by atoms with E-state index in [9.17, 15) is 17.2 Å². The van der Waals surface area contributed by atoms with Crippen LogP contribution in [-0.4, -0.2) is 32.7 Å². The lowest BCUT2D eigenvalue weighted by Gasteiger charge is -2.47. The van der Waals surface area contributed by atoms with Crippen LogP contribution in [0.4, 0.5) is 8.78 Å². The minimum Gasteiger partial charge on any atom is -0.292 e. The van der Waals surface area contributed by atoms with Crippen molar-refractivity contribution < 1.29 is 17.2 Å².